The molecule has 0 aliphatic carbocycles. The molecule has 108 valence electrons. The summed E-state index contributed by atoms with van der Waals surface area (Å²) in [6.07, 6.45) is -0.374. The van der Waals surface area contributed by atoms with Crippen LogP contribution in [0.25, 0.3) is 0 Å². The van der Waals surface area contributed by atoms with Gasteiger partial charge >= 0.3 is 0 Å². The summed E-state index contributed by atoms with van der Waals surface area (Å²) in [4.78, 5) is 0.225. The second kappa shape index (κ2) is 6.85. The van der Waals surface area contributed by atoms with Gasteiger partial charge in [-0.1, -0.05) is 0 Å². The fraction of sp³-hybridized carbons (Fsp3) is 0.500. The highest BCUT2D eigenvalue weighted by atomic mass is 32.2. The second-order valence-electron chi connectivity index (χ2n) is 4.00. The summed E-state index contributed by atoms with van der Waals surface area (Å²) in [6.45, 7) is 1.91. The minimum absolute atomic E-state index is 0.0678. The number of nitrogens with one attached hydrogen (secondary N) is 2. The molecule has 1 rings (SSSR count). The van der Waals surface area contributed by atoms with Crippen LogP contribution in [-0.2, 0) is 19.5 Å². The van der Waals surface area contributed by atoms with Gasteiger partial charge in [0.25, 0.3) is 0 Å². The summed E-state index contributed by atoms with van der Waals surface area (Å²) in [6, 6.07) is 6.40. The zero-order valence-electron chi connectivity index (χ0n) is 11.5. The topological polar surface area (TPSA) is 76.7 Å². The summed E-state index contributed by atoms with van der Waals surface area (Å²) in [5.41, 5.74) is 0.793. The van der Waals surface area contributed by atoms with E-state index in [4.69, 9.17) is 9.47 Å². The zero-order valence-corrected chi connectivity index (χ0v) is 12.3. The predicted molar refractivity (Wildman–Crippen MR) is 73.6 cm³/mol. The molecule has 0 fully saturated rings. The minimum Gasteiger partial charge on any atom is -0.377 e. The Kier molecular flexibility index (Phi) is 5.74. The molecule has 6 nitrogen and oxygen atoms in total. The fourth-order valence-electron chi connectivity index (χ4n) is 1.68. The van der Waals surface area contributed by atoms with E-state index in [1.54, 1.807) is 26.4 Å². The van der Waals surface area contributed by atoms with Crippen molar-refractivity contribution in [1.82, 2.24) is 4.72 Å². The highest BCUT2D eigenvalue weighted by Crippen LogP contribution is 2.15. The monoisotopic (exact) mass is 288 g/mol. The molecule has 0 aliphatic rings. The third kappa shape index (κ3) is 4.17. The van der Waals surface area contributed by atoms with Crippen LogP contribution in [-0.4, -0.2) is 42.0 Å². The van der Waals surface area contributed by atoms with Crippen LogP contribution in [0.4, 0.5) is 5.69 Å². The smallest absolute Gasteiger partial charge is 0.240 e. The number of sulfonamides is 1. The summed E-state index contributed by atoms with van der Waals surface area (Å²) < 4.78 is 35.7. The molecular weight excluding hydrogens is 268 g/mol. The van der Waals surface area contributed by atoms with Crippen LogP contribution in [0.1, 0.15) is 6.92 Å². The molecule has 0 bridgehead atoms. The number of hydrogen-bond donors (Lipinski definition) is 2. The van der Waals surface area contributed by atoms with E-state index in [2.05, 4.69) is 10.0 Å². The molecular formula is C12H20N2O4S. The van der Waals surface area contributed by atoms with Gasteiger partial charge in [-0.2, -0.15) is 0 Å². The molecule has 1 aromatic carbocycles. The van der Waals surface area contributed by atoms with Crippen LogP contribution in [0.15, 0.2) is 29.2 Å². The van der Waals surface area contributed by atoms with Gasteiger partial charge in [0, 0.05) is 19.9 Å². The summed E-state index contributed by atoms with van der Waals surface area (Å²) in [5.74, 6) is 0. The average molecular weight is 288 g/mol. The normalized spacial score (nSPS) is 13.5. The Morgan fingerprint density at radius 2 is 1.63 bits per heavy atom. The van der Waals surface area contributed by atoms with Crippen LogP contribution >= 0.6 is 0 Å². The van der Waals surface area contributed by atoms with Crippen molar-refractivity contribution < 1.29 is 17.9 Å². The molecule has 0 heterocycles. The largest absolute Gasteiger partial charge is 0.377 e. The van der Waals surface area contributed by atoms with Crippen molar-refractivity contribution in [3.63, 3.8) is 0 Å². The van der Waals surface area contributed by atoms with Crippen molar-refractivity contribution in [1.29, 1.82) is 0 Å². The standard InChI is InChI=1S/C12H20N2O4S/c1-9(12(17-3)18-4)14-10-5-7-11(8-6-10)19(15,16)13-2/h5-9,12-14H,1-4H3. The molecule has 0 saturated heterocycles. The van der Waals surface area contributed by atoms with E-state index in [1.807, 2.05) is 6.92 Å². The van der Waals surface area contributed by atoms with E-state index in [0.717, 1.165) is 5.69 Å². The molecule has 0 saturated carbocycles. The van der Waals surface area contributed by atoms with E-state index < -0.39 is 10.0 Å². The third-order valence-corrected chi connectivity index (χ3v) is 4.13. The Labute approximate surface area is 114 Å². The van der Waals surface area contributed by atoms with E-state index in [-0.39, 0.29) is 17.2 Å². The molecule has 0 radical (unpaired) electrons. The third-order valence-electron chi connectivity index (χ3n) is 2.70. The SMILES string of the molecule is CNS(=O)(=O)c1ccc(NC(C)C(OC)OC)cc1. The highest BCUT2D eigenvalue weighted by molar-refractivity contribution is 7.89. The first kappa shape index (κ1) is 15.9. The molecule has 0 amide bonds. The Hall–Kier alpha value is -1.15. The Bertz CT molecular complexity index is 483. The van der Waals surface area contributed by atoms with E-state index in [1.165, 1.54) is 19.2 Å². The molecule has 7 heteroatoms. The van der Waals surface area contributed by atoms with Gasteiger partial charge in [0.1, 0.15) is 0 Å². The van der Waals surface area contributed by atoms with E-state index >= 15 is 0 Å². The Morgan fingerprint density at radius 3 is 2.05 bits per heavy atom. The van der Waals surface area contributed by atoms with Crippen molar-refractivity contribution in [2.45, 2.75) is 24.2 Å². The Morgan fingerprint density at radius 1 is 1.11 bits per heavy atom. The fourth-order valence-corrected chi connectivity index (χ4v) is 2.41. The van der Waals surface area contributed by atoms with Gasteiger partial charge in [0.2, 0.25) is 10.0 Å². The summed E-state index contributed by atoms with van der Waals surface area (Å²) in [7, 11) is 1.11. The highest BCUT2D eigenvalue weighted by Gasteiger charge is 2.16. The van der Waals surface area contributed by atoms with Gasteiger partial charge in [0.05, 0.1) is 10.9 Å². The molecule has 0 aliphatic heterocycles. The first-order valence-electron chi connectivity index (χ1n) is 5.80. The van der Waals surface area contributed by atoms with Gasteiger partial charge in [-0.15, -0.1) is 0 Å². The van der Waals surface area contributed by atoms with E-state index in [9.17, 15) is 8.42 Å². The molecule has 0 aromatic heterocycles. The number of rotatable bonds is 7. The maximum absolute atomic E-state index is 11.6. The number of benzene rings is 1. The molecule has 19 heavy (non-hydrogen) atoms. The quantitative estimate of drug-likeness (QED) is 0.732. The van der Waals surface area contributed by atoms with Gasteiger partial charge in [0.15, 0.2) is 6.29 Å². The van der Waals surface area contributed by atoms with E-state index in [0.29, 0.717) is 0 Å². The maximum Gasteiger partial charge on any atom is 0.240 e. The molecule has 1 aromatic rings. The lowest BCUT2D eigenvalue weighted by molar-refractivity contribution is -0.109. The summed E-state index contributed by atoms with van der Waals surface area (Å²) in [5, 5.41) is 3.18. The van der Waals surface area contributed by atoms with Crippen LogP contribution in [0.2, 0.25) is 0 Å². The van der Waals surface area contributed by atoms with Crippen LogP contribution in [0.3, 0.4) is 0 Å². The van der Waals surface area contributed by atoms with Gasteiger partial charge in [-0.3, -0.25) is 0 Å². The minimum atomic E-state index is -3.40. The zero-order chi connectivity index (χ0) is 14.5. The van der Waals surface area contributed by atoms with Gasteiger partial charge < -0.3 is 14.8 Å². The van der Waals surface area contributed by atoms with Crippen LogP contribution in [0, 0.1) is 0 Å². The van der Waals surface area contributed by atoms with Crippen LogP contribution in [0.5, 0.6) is 0 Å². The van der Waals surface area contributed by atoms with Crippen molar-refractivity contribution >= 4 is 15.7 Å². The number of hydrogen-bond acceptors (Lipinski definition) is 5. The predicted octanol–water partition coefficient (Wildman–Crippen LogP) is 1.01. The molecule has 1 atom stereocenters. The van der Waals surface area contributed by atoms with Crippen molar-refractivity contribution in [2.75, 3.05) is 26.6 Å². The number of anilines is 1. The second-order valence-corrected chi connectivity index (χ2v) is 5.89. The van der Waals surface area contributed by atoms with Crippen molar-refractivity contribution in [2.24, 2.45) is 0 Å². The molecule has 1 unspecified atom stereocenters. The van der Waals surface area contributed by atoms with Gasteiger partial charge in [-0.05, 0) is 38.2 Å². The first-order valence-corrected chi connectivity index (χ1v) is 7.28. The van der Waals surface area contributed by atoms with Crippen molar-refractivity contribution in [3.8, 4) is 0 Å². The van der Waals surface area contributed by atoms with Gasteiger partial charge in [-0.25, -0.2) is 13.1 Å². The maximum atomic E-state index is 11.6. The lowest BCUT2D eigenvalue weighted by atomic mass is 10.2. The molecule has 0 spiro atoms. The Balaban J connectivity index is 2.78. The number of methoxy groups -OCH3 is 2. The van der Waals surface area contributed by atoms with Crippen molar-refractivity contribution in [3.05, 3.63) is 24.3 Å². The first-order chi connectivity index (χ1) is 8.94. The average Bonchev–Trinajstić information content (AvgIpc) is 2.40. The molecule has 2 N–H and O–H groups in total. The lowest BCUT2D eigenvalue weighted by Crippen LogP contribution is -2.33. The summed E-state index contributed by atoms with van der Waals surface area (Å²) >= 11 is 0. The van der Waals surface area contributed by atoms with Crippen LogP contribution < -0.4 is 10.0 Å². The lowest BCUT2D eigenvalue weighted by Gasteiger charge is -2.23. The number of ether oxygens (including phenoxy) is 2.